The van der Waals surface area contributed by atoms with Crippen LogP contribution >= 0.6 is 0 Å². The van der Waals surface area contributed by atoms with Gasteiger partial charge in [-0.05, 0) is 31.5 Å². The van der Waals surface area contributed by atoms with E-state index in [2.05, 4.69) is 9.84 Å². The lowest BCUT2D eigenvalue weighted by atomic mass is 10.0. The van der Waals surface area contributed by atoms with E-state index in [0.29, 0.717) is 5.69 Å². The fourth-order valence-corrected chi connectivity index (χ4v) is 2.15. The third-order valence-corrected chi connectivity index (χ3v) is 3.06. The average molecular weight is 259 g/mol. The highest BCUT2D eigenvalue weighted by molar-refractivity contribution is 5.73. The van der Waals surface area contributed by atoms with Gasteiger partial charge < -0.3 is 10.5 Å². The van der Waals surface area contributed by atoms with Crippen molar-refractivity contribution in [3.63, 3.8) is 0 Å². The average Bonchev–Trinajstić information content (AvgIpc) is 2.64. The van der Waals surface area contributed by atoms with Crippen LogP contribution in [0.15, 0.2) is 24.3 Å². The Morgan fingerprint density at radius 2 is 2.16 bits per heavy atom. The zero-order chi connectivity index (χ0) is 14.0. The van der Waals surface area contributed by atoms with Gasteiger partial charge in [0.2, 0.25) is 0 Å². The zero-order valence-corrected chi connectivity index (χ0v) is 11.3. The number of methoxy groups -OCH3 is 1. The summed E-state index contributed by atoms with van der Waals surface area (Å²) >= 11 is 0. The van der Waals surface area contributed by atoms with Gasteiger partial charge in [-0.1, -0.05) is 12.1 Å². The van der Waals surface area contributed by atoms with E-state index in [9.17, 15) is 4.79 Å². The summed E-state index contributed by atoms with van der Waals surface area (Å²) in [6.45, 7) is 3.96. The van der Waals surface area contributed by atoms with Crippen LogP contribution in [0.4, 0.5) is 5.69 Å². The lowest BCUT2D eigenvalue weighted by molar-refractivity contribution is -0.141. The Kier molecular flexibility index (Phi) is 3.55. The number of hydrogen-bond donors (Lipinski definition) is 1. The van der Waals surface area contributed by atoms with Gasteiger partial charge in [0.25, 0.3) is 0 Å². The number of nitrogens with zero attached hydrogens (tertiary/aromatic N) is 2. The number of rotatable bonds is 3. The zero-order valence-electron chi connectivity index (χ0n) is 11.3. The van der Waals surface area contributed by atoms with Gasteiger partial charge in [0.1, 0.15) is 6.54 Å². The van der Waals surface area contributed by atoms with Crippen molar-refractivity contribution in [3.8, 4) is 11.1 Å². The van der Waals surface area contributed by atoms with Crippen LogP contribution in [0.2, 0.25) is 0 Å². The van der Waals surface area contributed by atoms with Crippen molar-refractivity contribution in [2.45, 2.75) is 20.4 Å². The summed E-state index contributed by atoms with van der Waals surface area (Å²) in [5, 5.41) is 4.38. The second-order valence-corrected chi connectivity index (χ2v) is 4.41. The molecule has 0 amide bonds. The minimum atomic E-state index is -0.315. The van der Waals surface area contributed by atoms with Crippen LogP contribution in [0.5, 0.6) is 0 Å². The van der Waals surface area contributed by atoms with E-state index in [0.717, 1.165) is 22.5 Å². The largest absolute Gasteiger partial charge is 0.468 e. The Labute approximate surface area is 112 Å². The highest BCUT2D eigenvalue weighted by Crippen LogP contribution is 2.28. The molecule has 1 aromatic heterocycles. The second kappa shape index (κ2) is 5.14. The number of carbonyl (C=O) groups excluding carboxylic acids is 1. The van der Waals surface area contributed by atoms with E-state index in [1.54, 1.807) is 4.68 Å². The summed E-state index contributed by atoms with van der Waals surface area (Å²) in [7, 11) is 1.37. The number of nitrogen functional groups attached to an aromatic ring is 1. The fourth-order valence-electron chi connectivity index (χ4n) is 2.15. The minimum absolute atomic E-state index is 0.117. The molecule has 0 aliphatic rings. The molecule has 0 saturated heterocycles. The Hall–Kier alpha value is -2.30. The molecule has 0 spiro atoms. The number of hydrogen-bond acceptors (Lipinski definition) is 4. The molecular weight excluding hydrogens is 242 g/mol. The molecule has 2 rings (SSSR count). The van der Waals surface area contributed by atoms with Gasteiger partial charge in [-0.15, -0.1) is 0 Å². The smallest absolute Gasteiger partial charge is 0.327 e. The Morgan fingerprint density at radius 3 is 2.79 bits per heavy atom. The van der Waals surface area contributed by atoms with Crippen LogP contribution < -0.4 is 5.73 Å². The predicted molar refractivity (Wildman–Crippen MR) is 73.6 cm³/mol. The molecule has 2 N–H and O–H groups in total. The molecule has 5 nitrogen and oxygen atoms in total. The molecule has 0 saturated carbocycles. The highest BCUT2D eigenvalue weighted by atomic mass is 16.5. The Balaban J connectivity index is 2.45. The van der Waals surface area contributed by atoms with Crippen molar-refractivity contribution in [1.82, 2.24) is 9.78 Å². The molecule has 1 aromatic carbocycles. The van der Waals surface area contributed by atoms with Gasteiger partial charge in [0.15, 0.2) is 0 Å². The third-order valence-electron chi connectivity index (χ3n) is 3.06. The first-order chi connectivity index (χ1) is 9.02. The Bertz CT molecular complexity index is 617. The fraction of sp³-hybridized carbons (Fsp3) is 0.286. The van der Waals surface area contributed by atoms with Crippen molar-refractivity contribution >= 4 is 11.7 Å². The van der Waals surface area contributed by atoms with E-state index in [1.165, 1.54) is 7.11 Å². The molecular formula is C14H17N3O2. The van der Waals surface area contributed by atoms with Crippen molar-refractivity contribution in [1.29, 1.82) is 0 Å². The second-order valence-electron chi connectivity index (χ2n) is 4.41. The summed E-state index contributed by atoms with van der Waals surface area (Å²) in [5.41, 5.74) is 10.3. The first-order valence-corrected chi connectivity index (χ1v) is 5.99. The molecule has 100 valence electrons. The van der Waals surface area contributed by atoms with Crippen molar-refractivity contribution < 1.29 is 9.53 Å². The molecule has 2 aromatic rings. The highest BCUT2D eigenvalue weighted by Gasteiger charge is 2.15. The molecule has 0 bridgehead atoms. The standard InChI is InChI=1S/C14H17N3O2/c1-9-14(11-5-4-6-12(15)7-11)10(2)17(16-9)8-13(18)19-3/h4-7H,8,15H2,1-3H3. The van der Waals surface area contributed by atoms with Gasteiger partial charge in [-0.3, -0.25) is 9.48 Å². The summed E-state index contributed by atoms with van der Waals surface area (Å²) in [6.07, 6.45) is 0. The van der Waals surface area contributed by atoms with E-state index < -0.39 is 0 Å². The SMILES string of the molecule is COC(=O)Cn1nc(C)c(-c2cccc(N)c2)c1C. The van der Waals surface area contributed by atoms with Crippen LogP contribution in [0, 0.1) is 13.8 Å². The topological polar surface area (TPSA) is 70.1 Å². The number of esters is 1. The van der Waals surface area contributed by atoms with E-state index in [1.807, 2.05) is 38.1 Å². The molecule has 0 radical (unpaired) electrons. The first kappa shape index (κ1) is 13.1. The van der Waals surface area contributed by atoms with Crippen LogP contribution in [0.1, 0.15) is 11.4 Å². The normalized spacial score (nSPS) is 10.5. The lowest BCUT2D eigenvalue weighted by Crippen LogP contribution is -2.13. The van der Waals surface area contributed by atoms with E-state index >= 15 is 0 Å². The number of aryl methyl sites for hydroxylation is 1. The van der Waals surface area contributed by atoms with Crippen LogP contribution in [-0.2, 0) is 16.1 Å². The first-order valence-electron chi connectivity index (χ1n) is 5.99. The van der Waals surface area contributed by atoms with Crippen molar-refractivity contribution in [2.24, 2.45) is 0 Å². The Morgan fingerprint density at radius 1 is 1.42 bits per heavy atom. The number of aromatic nitrogens is 2. The molecule has 0 aliphatic heterocycles. The quantitative estimate of drug-likeness (QED) is 0.675. The van der Waals surface area contributed by atoms with Crippen LogP contribution in [0.25, 0.3) is 11.1 Å². The number of anilines is 1. The molecule has 0 fully saturated rings. The number of carbonyl (C=O) groups is 1. The molecule has 1 heterocycles. The number of benzene rings is 1. The summed E-state index contributed by atoms with van der Waals surface area (Å²) in [4.78, 5) is 11.3. The molecule has 0 unspecified atom stereocenters. The maximum Gasteiger partial charge on any atom is 0.327 e. The van der Waals surface area contributed by atoms with Gasteiger partial charge in [0, 0.05) is 16.9 Å². The van der Waals surface area contributed by atoms with Crippen LogP contribution in [0.3, 0.4) is 0 Å². The molecule has 19 heavy (non-hydrogen) atoms. The van der Waals surface area contributed by atoms with Gasteiger partial charge >= 0.3 is 5.97 Å². The van der Waals surface area contributed by atoms with Gasteiger partial charge in [0.05, 0.1) is 12.8 Å². The predicted octanol–water partition coefficient (Wildman–Crippen LogP) is 1.92. The maximum absolute atomic E-state index is 11.3. The van der Waals surface area contributed by atoms with E-state index in [-0.39, 0.29) is 12.5 Å². The number of nitrogens with two attached hydrogens (primary N) is 1. The lowest BCUT2D eigenvalue weighted by Gasteiger charge is -2.05. The molecule has 5 heteroatoms. The van der Waals surface area contributed by atoms with Gasteiger partial charge in [-0.25, -0.2) is 0 Å². The van der Waals surface area contributed by atoms with Crippen molar-refractivity contribution in [2.75, 3.05) is 12.8 Å². The molecule has 0 aliphatic carbocycles. The number of ether oxygens (including phenoxy) is 1. The third kappa shape index (κ3) is 2.59. The monoisotopic (exact) mass is 259 g/mol. The summed E-state index contributed by atoms with van der Waals surface area (Å²) < 4.78 is 6.32. The maximum atomic E-state index is 11.3. The molecule has 0 atom stereocenters. The van der Waals surface area contributed by atoms with Gasteiger partial charge in [-0.2, -0.15) is 5.10 Å². The van der Waals surface area contributed by atoms with Crippen molar-refractivity contribution in [3.05, 3.63) is 35.7 Å². The summed E-state index contributed by atoms with van der Waals surface area (Å²) in [6, 6.07) is 7.63. The van der Waals surface area contributed by atoms with E-state index in [4.69, 9.17) is 5.73 Å². The van der Waals surface area contributed by atoms with Crippen LogP contribution in [-0.4, -0.2) is 22.9 Å². The summed E-state index contributed by atoms with van der Waals surface area (Å²) in [5.74, 6) is -0.315. The minimum Gasteiger partial charge on any atom is -0.468 e.